The fourth-order valence-corrected chi connectivity index (χ4v) is 4.32. The maximum Gasteiger partial charge on any atom is 0.195 e. The van der Waals surface area contributed by atoms with E-state index in [0.717, 1.165) is 42.0 Å². The van der Waals surface area contributed by atoms with E-state index in [2.05, 4.69) is 35.4 Å². The number of fused-ring (bicyclic) bond motifs is 3. The number of hydrogen-bond donors (Lipinski definition) is 0. The molecule has 5 heteroatoms. The zero-order chi connectivity index (χ0) is 15.3. The van der Waals surface area contributed by atoms with Crippen LogP contribution >= 0.6 is 11.3 Å². The zero-order valence-corrected chi connectivity index (χ0v) is 13.5. The Morgan fingerprint density at radius 3 is 2.77 bits per heavy atom. The molecule has 0 fully saturated rings. The molecule has 1 aliphatic rings. The van der Waals surface area contributed by atoms with Gasteiger partial charge in [0.05, 0.1) is 0 Å². The highest BCUT2D eigenvalue weighted by molar-refractivity contribution is 7.17. The van der Waals surface area contributed by atoms with Gasteiger partial charge in [-0.15, -0.1) is 0 Å². The topological polar surface area (TPSA) is 37.6 Å². The van der Waals surface area contributed by atoms with Crippen molar-refractivity contribution in [1.82, 2.24) is 14.3 Å². The van der Waals surface area contributed by atoms with Gasteiger partial charge in [-0.25, -0.2) is 4.98 Å². The molecule has 0 bridgehead atoms. The quantitative estimate of drug-likeness (QED) is 0.682. The van der Waals surface area contributed by atoms with E-state index in [4.69, 9.17) is 4.98 Å². The number of carbonyl (C=O) groups is 1. The van der Waals surface area contributed by atoms with E-state index in [0.29, 0.717) is 5.69 Å². The van der Waals surface area contributed by atoms with Crippen LogP contribution in [0.15, 0.2) is 24.3 Å². The van der Waals surface area contributed by atoms with Gasteiger partial charge in [0.1, 0.15) is 11.4 Å². The Hall–Kier alpha value is -1.98. The van der Waals surface area contributed by atoms with Crippen molar-refractivity contribution in [3.8, 4) is 11.3 Å². The number of likely N-dealkylation sites (N-methyl/N-ethyl adjacent to an activating group) is 1. The number of hydrogen-bond acceptors (Lipinski definition) is 4. The van der Waals surface area contributed by atoms with Crippen molar-refractivity contribution in [2.24, 2.45) is 0 Å². The molecule has 2 aromatic heterocycles. The maximum absolute atomic E-state index is 11.7. The molecular weight excluding hydrogens is 294 g/mol. The first-order valence-corrected chi connectivity index (χ1v) is 8.23. The van der Waals surface area contributed by atoms with Crippen molar-refractivity contribution in [2.45, 2.75) is 19.9 Å². The monoisotopic (exact) mass is 311 g/mol. The summed E-state index contributed by atoms with van der Waals surface area (Å²) in [6.45, 7) is 4.03. The summed E-state index contributed by atoms with van der Waals surface area (Å²) in [4.78, 5) is 21.0. The zero-order valence-electron chi connectivity index (χ0n) is 12.7. The molecule has 22 heavy (non-hydrogen) atoms. The molecule has 112 valence electrons. The molecule has 0 N–H and O–H groups in total. The lowest BCUT2D eigenvalue weighted by Gasteiger charge is -2.21. The van der Waals surface area contributed by atoms with E-state index in [1.165, 1.54) is 16.1 Å². The van der Waals surface area contributed by atoms with Crippen LogP contribution < -0.4 is 0 Å². The minimum Gasteiger partial charge on any atom is -0.301 e. The van der Waals surface area contributed by atoms with E-state index in [-0.39, 0.29) is 0 Å². The predicted octanol–water partition coefficient (Wildman–Crippen LogP) is 3.17. The first kappa shape index (κ1) is 13.7. The van der Waals surface area contributed by atoms with E-state index < -0.39 is 0 Å². The average Bonchev–Trinajstić information content (AvgIpc) is 3.02. The van der Waals surface area contributed by atoms with Crippen LogP contribution in [0, 0.1) is 6.92 Å². The Bertz CT molecular complexity index is 860. The summed E-state index contributed by atoms with van der Waals surface area (Å²) in [5.74, 6) is 0. The summed E-state index contributed by atoms with van der Waals surface area (Å²) in [6.07, 6.45) is 1.91. The SMILES string of the molecule is Cc1ccc(-c2nc3sc4c(n3c2C=O)CCN(C)C4)cc1. The number of imidazole rings is 1. The second kappa shape index (κ2) is 5.04. The molecule has 0 spiro atoms. The highest BCUT2D eigenvalue weighted by Gasteiger charge is 2.24. The van der Waals surface area contributed by atoms with Crippen molar-refractivity contribution in [3.63, 3.8) is 0 Å². The molecule has 3 aromatic rings. The first-order chi connectivity index (χ1) is 10.7. The Morgan fingerprint density at radius 2 is 2.05 bits per heavy atom. The number of aromatic nitrogens is 2. The Kier molecular flexibility index (Phi) is 3.13. The fourth-order valence-electron chi connectivity index (χ4n) is 3.06. The van der Waals surface area contributed by atoms with Gasteiger partial charge in [0.25, 0.3) is 0 Å². The van der Waals surface area contributed by atoms with E-state index in [1.54, 1.807) is 11.3 Å². The summed E-state index contributed by atoms with van der Waals surface area (Å²) in [5, 5.41) is 0. The fraction of sp³-hybridized carbons (Fsp3) is 0.294. The van der Waals surface area contributed by atoms with Crippen LogP contribution in [0.25, 0.3) is 16.2 Å². The third-order valence-corrected chi connectivity index (χ3v) is 5.34. The second-order valence-corrected chi connectivity index (χ2v) is 6.97. The van der Waals surface area contributed by atoms with Crippen molar-refractivity contribution < 1.29 is 4.79 Å². The Morgan fingerprint density at radius 1 is 1.27 bits per heavy atom. The molecule has 1 aliphatic heterocycles. The summed E-state index contributed by atoms with van der Waals surface area (Å²) < 4.78 is 2.06. The summed E-state index contributed by atoms with van der Waals surface area (Å²) >= 11 is 1.70. The largest absolute Gasteiger partial charge is 0.301 e. The predicted molar refractivity (Wildman–Crippen MR) is 88.7 cm³/mol. The van der Waals surface area contributed by atoms with Crippen LogP contribution in [0.2, 0.25) is 0 Å². The summed E-state index contributed by atoms with van der Waals surface area (Å²) in [6, 6.07) is 8.19. The van der Waals surface area contributed by atoms with Gasteiger partial charge in [0.15, 0.2) is 11.2 Å². The summed E-state index contributed by atoms with van der Waals surface area (Å²) in [7, 11) is 2.13. The van der Waals surface area contributed by atoms with Gasteiger partial charge in [-0.3, -0.25) is 9.20 Å². The van der Waals surface area contributed by atoms with Gasteiger partial charge in [-0.1, -0.05) is 41.2 Å². The van der Waals surface area contributed by atoms with E-state index in [9.17, 15) is 4.79 Å². The van der Waals surface area contributed by atoms with E-state index in [1.807, 2.05) is 12.1 Å². The van der Waals surface area contributed by atoms with Crippen LogP contribution in [0.4, 0.5) is 0 Å². The van der Waals surface area contributed by atoms with Gasteiger partial charge in [0, 0.05) is 35.6 Å². The van der Waals surface area contributed by atoms with Crippen LogP contribution in [0.5, 0.6) is 0 Å². The number of aryl methyl sites for hydroxylation is 1. The number of carbonyl (C=O) groups excluding carboxylic acids is 1. The van der Waals surface area contributed by atoms with Crippen molar-refractivity contribution in [2.75, 3.05) is 13.6 Å². The third kappa shape index (κ3) is 2.01. The molecule has 0 unspecified atom stereocenters. The van der Waals surface area contributed by atoms with Crippen molar-refractivity contribution in [3.05, 3.63) is 46.1 Å². The molecule has 4 nitrogen and oxygen atoms in total. The minimum atomic E-state index is 0.681. The van der Waals surface area contributed by atoms with Gasteiger partial charge in [-0.05, 0) is 14.0 Å². The first-order valence-electron chi connectivity index (χ1n) is 7.41. The van der Waals surface area contributed by atoms with Gasteiger partial charge >= 0.3 is 0 Å². The molecule has 1 aromatic carbocycles. The van der Waals surface area contributed by atoms with Crippen LogP contribution in [0.3, 0.4) is 0 Å². The normalized spacial score (nSPS) is 15.2. The van der Waals surface area contributed by atoms with Gasteiger partial charge in [0.2, 0.25) is 0 Å². The molecule has 0 saturated heterocycles. The molecule has 0 aliphatic carbocycles. The number of thiazole rings is 1. The number of benzene rings is 1. The molecule has 0 amide bonds. The summed E-state index contributed by atoms with van der Waals surface area (Å²) in [5.41, 5.74) is 4.94. The number of rotatable bonds is 2. The van der Waals surface area contributed by atoms with Crippen molar-refractivity contribution >= 4 is 22.6 Å². The lowest BCUT2D eigenvalue weighted by molar-refractivity contribution is 0.111. The smallest absolute Gasteiger partial charge is 0.195 e. The van der Waals surface area contributed by atoms with Crippen molar-refractivity contribution in [1.29, 1.82) is 0 Å². The average molecular weight is 311 g/mol. The van der Waals surface area contributed by atoms with E-state index >= 15 is 0 Å². The van der Waals surface area contributed by atoms with Crippen LogP contribution in [-0.4, -0.2) is 34.2 Å². The maximum atomic E-state index is 11.7. The molecule has 0 radical (unpaired) electrons. The molecule has 4 rings (SSSR count). The second-order valence-electron chi connectivity index (χ2n) is 5.91. The third-order valence-electron chi connectivity index (χ3n) is 4.27. The minimum absolute atomic E-state index is 0.681. The molecule has 0 saturated carbocycles. The van der Waals surface area contributed by atoms with Crippen LogP contribution in [-0.2, 0) is 13.0 Å². The highest BCUT2D eigenvalue weighted by atomic mass is 32.1. The van der Waals surface area contributed by atoms with Crippen LogP contribution in [0.1, 0.15) is 26.6 Å². The highest BCUT2D eigenvalue weighted by Crippen LogP contribution is 2.33. The number of aldehydes is 1. The standard InChI is InChI=1S/C17H17N3OS/c1-11-3-5-12(6-4-11)16-14(10-21)20-13-7-8-19(2)9-15(13)22-17(20)18-16/h3-6,10H,7-9H2,1-2H3. The Labute approximate surface area is 133 Å². The lowest BCUT2D eigenvalue weighted by atomic mass is 10.1. The Balaban J connectivity index is 1.92. The van der Waals surface area contributed by atoms with Gasteiger partial charge in [-0.2, -0.15) is 0 Å². The molecular formula is C17H17N3OS. The lowest BCUT2D eigenvalue weighted by Crippen LogP contribution is -2.26. The number of nitrogens with zero attached hydrogens (tertiary/aromatic N) is 3. The molecule has 0 atom stereocenters. The van der Waals surface area contributed by atoms with Gasteiger partial charge < -0.3 is 4.90 Å². The molecule has 3 heterocycles.